The zero-order valence-electron chi connectivity index (χ0n) is 28.4. The van der Waals surface area contributed by atoms with Crippen molar-refractivity contribution in [2.24, 2.45) is 0 Å². The molecule has 0 heterocycles. The molecule has 1 aliphatic carbocycles. The second kappa shape index (κ2) is 16.8. The van der Waals surface area contributed by atoms with Gasteiger partial charge in [0.25, 0.3) is 10.0 Å². The Morgan fingerprint density at radius 2 is 1.40 bits per heavy atom. The van der Waals surface area contributed by atoms with Crippen LogP contribution in [0.25, 0.3) is 0 Å². The Balaban J connectivity index is 1.61. The van der Waals surface area contributed by atoms with Gasteiger partial charge in [-0.3, -0.25) is 13.9 Å². The zero-order valence-corrected chi connectivity index (χ0v) is 30.0. The third-order valence-corrected chi connectivity index (χ3v) is 10.8. The first-order valence-electron chi connectivity index (χ1n) is 16.4. The summed E-state index contributed by atoms with van der Waals surface area (Å²) < 4.78 is 46.5. The molecule has 264 valence electrons. The molecule has 0 spiro atoms. The SMILES string of the molecule is COc1ccc(S(=O)(=O)N(CC(=O)N(Cc2ccccc2)C(Cc2ccccc2)C(=O)NC2CCCC2)c2cc(Cl)ccc2OC)cc1OC. The predicted molar refractivity (Wildman–Crippen MR) is 193 cm³/mol. The minimum atomic E-state index is -4.47. The fourth-order valence-electron chi connectivity index (χ4n) is 6.18. The first-order chi connectivity index (χ1) is 24.1. The van der Waals surface area contributed by atoms with Crippen LogP contribution in [0.5, 0.6) is 17.2 Å². The molecule has 1 atom stereocenters. The molecular weight excluding hydrogens is 678 g/mol. The molecule has 2 amide bonds. The van der Waals surface area contributed by atoms with E-state index in [1.807, 2.05) is 60.7 Å². The number of nitrogens with zero attached hydrogens (tertiary/aromatic N) is 2. The van der Waals surface area contributed by atoms with Crippen molar-refractivity contribution < 1.29 is 32.2 Å². The van der Waals surface area contributed by atoms with Gasteiger partial charge in [0.15, 0.2) is 11.5 Å². The summed E-state index contributed by atoms with van der Waals surface area (Å²) in [7, 11) is -0.220. The van der Waals surface area contributed by atoms with E-state index in [2.05, 4.69) is 5.32 Å². The van der Waals surface area contributed by atoms with Crippen molar-refractivity contribution in [1.29, 1.82) is 0 Å². The van der Waals surface area contributed by atoms with E-state index in [1.165, 1.54) is 56.6 Å². The molecule has 12 heteroatoms. The maximum atomic E-state index is 14.8. The summed E-state index contributed by atoms with van der Waals surface area (Å²) >= 11 is 6.41. The van der Waals surface area contributed by atoms with E-state index in [9.17, 15) is 18.0 Å². The van der Waals surface area contributed by atoms with E-state index in [0.717, 1.165) is 41.1 Å². The van der Waals surface area contributed by atoms with Crippen molar-refractivity contribution in [2.75, 3.05) is 32.2 Å². The highest BCUT2D eigenvalue weighted by atomic mass is 35.5. The Morgan fingerprint density at radius 3 is 2.02 bits per heavy atom. The lowest BCUT2D eigenvalue weighted by Crippen LogP contribution is -2.54. The van der Waals surface area contributed by atoms with E-state index in [-0.39, 0.29) is 52.0 Å². The molecule has 1 fully saturated rings. The van der Waals surface area contributed by atoms with E-state index in [4.69, 9.17) is 25.8 Å². The minimum absolute atomic E-state index is 0.00658. The molecule has 1 saturated carbocycles. The van der Waals surface area contributed by atoms with Gasteiger partial charge in [0, 0.05) is 30.1 Å². The first-order valence-corrected chi connectivity index (χ1v) is 18.2. The molecule has 1 unspecified atom stereocenters. The van der Waals surface area contributed by atoms with E-state index < -0.39 is 28.5 Å². The molecule has 4 aromatic carbocycles. The molecule has 10 nitrogen and oxygen atoms in total. The molecule has 5 rings (SSSR count). The van der Waals surface area contributed by atoms with Gasteiger partial charge in [0.2, 0.25) is 11.8 Å². The zero-order chi connectivity index (χ0) is 35.7. The monoisotopic (exact) mass is 719 g/mol. The number of ether oxygens (including phenoxy) is 3. The van der Waals surface area contributed by atoms with E-state index in [1.54, 1.807) is 6.07 Å². The number of rotatable bonds is 15. The Hall–Kier alpha value is -4.74. The number of sulfonamides is 1. The summed E-state index contributed by atoms with van der Waals surface area (Å²) in [5.41, 5.74) is 1.69. The van der Waals surface area contributed by atoms with Crippen LogP contribution in [-0.4, -0.2) is 65.1 Å². The normalized spacial score (nSPS) is 13.7. The maximum Gasteiger partial charge on any atom is 0.265 e. The van der Waals surface area contributed by atoms with Crippen molar-refractivity contribution in [1.82, 2.24) is 10.2 Å². The Morgan fingerprint density at radius 1 is 0.800 bits per heavy atom. The molecule has 4 aromatic rings. The van der Waals surface area contributed by atoms with Gasteiger partial charge in [0.05, 0.1) is 31.9 Å². The molecule has 1 N–H and O–H groups in total. The largest absolute Gasteiger partial charge is 0.495 e. The first kappa shape index (κ1) is 36.5. The van der Waals surface area contributed by atoms with Crippen molar-refractivity contribution in [3.8, 4) is 17.2 Å². The number of halogens is 1. The minimum Gasteiger partial charge on any atom is -0.495 e. The summed E-state index contributed by atoms with van der Waals surface area (Å²) in [6.45, 7) is -0.603. The van der Waals surface area contributed by atoms with Crippen molar-refractivity contribution >= 4 is 39.1 Å². The predicted octanol–water partition coefficient (Wildman–Crippen LogP) is 6.26. The van der Waals surface area contributed by atoms with Crippen LogP contribution >= 0.6 is 11.6 Å². The summed E-state index contributed by atoms with van der Waals surface area (Å²) in [5.74, 6) is -0.182. The van der Waals surface area contributed by atoms with Gasteiger partial charge < -0.3 is 24.4 Å². The lowest BCUT2D eigenvalue weighted by Gasteiger charge is -2.34. The van der Waals surface area contributed by atoms with Crippen LogP contribution in [0.2, 0.25) is 5.02 Å². The summed E-state index contributed by atoms with van der Waals surface area (Å²) in [6, 6.07) is 26.6. The summed E-state index contributed by atoms with van der Waals surface area (Å²) in [6.07, 6.45) is 3.99. The van der Waals surface area contributed by atoms with Crippen LogP contribution < -0.4 is 23.8 Å². The molecule has 50 heavy (non-hydrogen) atoms. The Kier molecular flexibility index (Phi) is 12.3. The number of carbonyl (C=O) groups excluding carboxylic acids is 2. The molecule has 0 saturated heterocycles. The van der Waals surface area contributed by atoms with Crippen LogP contribution in [0.15, 0.2) is 102 Å². The topological polar surface area (TPSA) is 114 Å². The molecule has 0 aromatic heterocycles. The molecule has 0 radical (unpaired) electrons. The number of hydrogen-bond donors (Lipinski definition) is 1. The smallest absolute Gasteiger partial charge is 0.265 e. The quantitative estimate of drug-likeness (QED) is 0.154. The standard InChI is InChI=1S/C38H42ClN3O7S/c1-47-34-20-18-29(39)23-32(34)42(50(45,46)31-19-21-35(48-2)36(24-31)49-3)26-37(43)41(25-28-14-8-5-9-15-28)33(22-27-12-6-4-7-13-27)38(44)40-30-16-10-11-17-30/h4-9,12-15,18-21,23-24,30,33H,10-11,16-17,22,25-26H2,1-3H3,(H,40,44). The van der Waals surface area contributed by atoms with E-state index in [0.29, 0.717) is 5.75 Å². The maximum absolute atomic E-state index is 14.8. The highest BCUT2D eigenvalue weighted by molar-refractivity contribution is 7.92. The van der Waals surface area contributed by atoms with Crippen molar-refractivity contribution in [2.45, 2.75) is 55.6 Å². The van der Waals surface area contributed by atoms with Gasteiger partial charge >= 0.3 is 0 Å². The average molecular weight is 720 g/mol. The van der Waals surface area contributed by atoms with Gasteiger partial charge in [-0.25, -0.2) is 8.42 Å². The second-order valence-electron chi connectivity index (χ2n) is 12.0. The third kappa shape index (κ3) is 8.70. The van der Waals surface area contributed by atoms with Crippen molar-refractivity contribution in [3.63, 3.8) is 0 Å². The number of amides is 2. The molecule has 1 aliphatic rings. The van der Waals surface area contributed by atoms with Crippen LogP contribution in [0.1, 0.15) is 36.8 Å². The lowest BCUT2D eigenvalue weighted by molar-refractivity contribution is -0.140. The van der Waals surface area contributed by atoms with Crippen molar-refractivity contribution in [3.05, 3.63) is 113 Å². The fraction of sp³-hybridized carbons (Fsp3) is 0.316. The van der Waals surface area contributed by atoms with Gasteiger partial charge in [-0.15, -0.1) is 0 Å². The number of hydrogen-bond acceptors (Lipinski definition) is 7. The number of benzene rings is 4. The average Bonchev–Trinajstić information content (AvgIpc) is 3.65. The molecule has 0 bridgehead atoms. The Labute approximate surface area is 299 Å². The second-order valence-corrected chi connectivity index (χ2v) is 14.3. The van der Waals surface area contributed by atoms with Gasteiger partial charge in [-0.1, -0.05) is 85.1 Å². The summed E-state index contributed by atoms with van der Waals surface area (Å²) in [4.78, 5) is 30.3. The lowest BCUT2D eigenvalue weighted by atomic mass is 10.0. The van der Waals surface area contributed by atoms with E-state index >= 15 is 0 Å². The van der Waals surface area contributed by atoms with Gasteiger partial charge in [0.1, 0.15) is 18.3 Å². The molecular formula is C38H42ClN3O7S. The third-order valence-electron chi connectivity index (χ3n) is 8.80. The number of methoxy groups -OCH3 is 3. The number of anilines is 1. The number of nitrogens with one attached hydrogen (secondary N) is 1. The highest BCUT2D eigenvalue weighted by Crippen LogP contribution is 2.37. The summed E-state index contributed by atoms with van der Waals surface area (Å²) in [5, 5.41) is 3.42. The van der Waals surface area contributed by atoms with Gasteiger partial charge in [-0.2, -0.15) is 0 Å². The number of carbonyl (C=O) groups is 2. The van der Waals surface area contributed by atoms with Crippen LogP contribution in [-0.2, 0) is 32.6 Å². The van der Waals surface area contributed by atoms with Crippen LogP contribution in [0.3, 0.4) is 0 Å². The fourth-order valence-corrected chi connectivity index (χ4v) is 7.78. The highest BCUT2D eigenvalue weighted by Gasteiger charge is 2.36. The Bertz CT molecular complexity index is 1870. The van der Waals surface area contributed by atoms with Gasteiger partial charge in [-0.05, 0) is 54.3 Å². The van der Waals surface area contributed by atoms with Crippen LogP contribution in [0, 0.1) is 0 Å². The molecule has 0 aliphatic heterocycles. The van der Waals surface area contributed by atoms with Crippen LogP contribution in [0.4, 0.5) is 5.69 Å².